The van der Waals surface area contributed by atoms with E-state index in [-0.39, 0.29) is 0 Å². The van der Waals surface area contributed by atoms with Gasteiger partial charge in [0.15, 0.2) is 0 Å². The summed E-state index contributed by atoms with van der Waals surface area (Å²) in [7, 11) is 0. The Labute approximate surface area is 113 Å². The molecule has 0 aliphatic heterocycles. The number of hydrogen-bond donors (Lipinski definition) is 2. The fourth-order valence-corrected chi connectivity index (χ4v) is 2.79. The summed E-state index contributed by atoms with van der Waals surface area (Å²) in [4.78, 5) is 23.0. The molecular weight excluding hydrogens is 362 g/mol. The van der Waals surface area contributed by atoms with E-state index in [2.05, 4.69) is 37.2 Å². The number of halogens is 2. The Morgan fingerprint density at radius 2 is 2.00 bits per heavy atom. The van der Waals surface area contributed by atoms with E-state index in [1.54, 1.807) is 6.07 Å². The second kappa shape index (κ2) is 4.85. The van der Waals surface area contributed by atoms with Crippen molar-refractivity contribution in [1.29, 1.82) is 0 Å². The van der Waals surface area contributed by atoms with Crippen molar-refractivity contribution < 1.29 is 14.7 Å². The summed E-state index contributed by atoms with van der Waals surface area (Å²) in [5.74, 6) is -1.47. The molecule has 0 unspecified atom stereocenters. The fraction of sp³-hybridized carbons (Fsp3) is 0.333. The van der Waals surface area contributed by atoms with Crippen LogP contribution in [0.15, 0.2) is 14.3 Å². The van der Waals surface area contributed by atoms with Gasteiger partial charge >= 0.3 is 5.97 Å². The smallest absolute Gasteiger partial charge is 0.328 e. The molecule has 1 aromatic rings. The van der Waals surface area contributed by atoms with E-state index in [9.17, 15) is 9.59 Å². The fourth-order valence-electron chi connectivity index (χ4n) is 0.857. The molecule has 1 heterocycles. The third kappa shape index (κ3) is 3.05. The molecule has 0 spiro atoms. The minimum atomic E-state index is -1.28. The van der Waals surface area contributed by atoms with E-state index in [4.69, 9.17) is 5.11 Å². The largest absolute Gasteiger partial charge is 0.480 e. The highest BCUT2D eigenvalue weighted by Gasteiger charge is 2.29. The number of carbonyl (C=O) groups is 2. The van der Waals surface area contributed by atoms with E-state index in [0.29, 0.717) is 4.88 Å². The Kier molecular flexibility index (Phi) is 4.14. The third-order valence-electron chi connectivity index (χ3n) is 1.83. The van der Waals surface area contributed by atoms with Crippen molar-refractivity contribution >= 4 is 55.1 Å². The molecule has 4 nitrogen and oxygen atoms in total. The van der Waals surface area contributed by atoms with E-state index < -0.39 is 17.4 Å². The second-order valence-corrected chi connectivity index (χ2v) is 6.84. The topological polar surface area (TPSA) is 66.4 Å². The molecule has 1 amide bonds. The van der Waals surface area contributed by atoms with Crippen LogP contribution in [-0.2, 0) is 4.79 Å². The first-order chi connectivity index (χ1) is 7.24. The average Bonchev–Trinajstić information content (AvgIpc) is 2.46. The van der Waals surface area contributed by atoms with Crippen molar-refractivity contribution in [2.45, 2.75) is 19.4 Å². The average molecular weight is 371 g/mol. The molecule has 0 aromatic carbocycles. The standard InChI is InChI=1S/C9H9Br2NO3S/c1-9(2,8(14)15)12-7(13)5-3-4(10)6(11)16-5/h3H,1-2H3,(H,12,13)(H,14,15). The Morgan fingerprint density at radius 3 is 2.38 bits per heavy atom. The van der Waals surface area contributed by atoms with Crippen molar-refractivity contribution in [3.8, 4) is 0 Å². The van der Waals surface area contributed by atoms with Gasteiger partial charge in [-0.2, -0.15) is 0 Å². The molecule has 0 atom stereocenters. The Bertz CT molecular complexity index is 422. The molecule has 88 valence electrons. The van der Waals surface area contributed by atoms with Gasteiger partial charge in [-0.05, 0) is 51.8 Å². The van der Waals surface area contributed by atoms with E-state index in [1.807, 2.05) is 0 Å². The van der Waals surface area contributed by atoms with Crippen molar-refractivity contribution in [3.05, 3.63) is 19.2 Å². The van der Waals surface area contributed by atoms with Gasteiger partial charge in [-0.15, -0.1) is 11.3 Å². The summed E-state index contributed by atoms with van der Waals surface area (Å²) < 4.78 is 1.57. The maximum Gasteiger partial charge on any atom is 0.328 e. The van der Waals surface area contributed by atoms with Crippen molar-refractivity contribution in [1.82, 2.24) is 5.32 Å². The predicted molar refractivity (Wildman–Crippen MR) is 68.9 cm³/mol. The molecular formula is C9H9Br2NO3S. The first kappa shape index (κ1) is 13.7. The normalized spacial score (nSPS) is 11.2. The summed E-state index contributed by atoms with van der Waals surface area (Å²) in [6.45, 7) is 2.87. The number of carboxylic acid groups (broad SMARTS) is 1. The third-order valence-corrected chi connectivity index (χ3v) is 5.08. The molecule has 0 saturated carbocycles. The number of nitrogens with one attached hydrogen (secondary N) is 1. The van der Waals surface area contributed by atoms with Crippen LogP contribution in [0.4, 0.5) is 0 Å². The van der Waals surface area contributed by atoms with E-state index in [1.165, 1.54) is 25.2 Å². The Hall–Kier alpha value is -0.400. The summed E-state index contributed by atoms with van der Waals surface area (Å²) in [5.41, 5.74) is -1.28. The summed E-state index contributed by atoms with van der Waals surface area (Å²) in [6, 6.07) is 1.64. The van der Waals surface area contributed by atoms with Gasteiger partial charge in [0.25, 0.3) is 5.91 Å². The molecule has 0 fully saturated rings. The molecule has 16 heavy (non-hydrogen) atoms. The van der Waals surface area contributed by atoms with Gasteiger partial charge in [-0.25, -0.2) is 4.79 Å². The van der Waals surface area contributed by atoms with Crippen LogP contribution in [-0.4, -0.2) is 22.5 Å². The molecule has 7 heteroatoms. The lowest BCUT2D eigenvalue weighted by molar-refractivity contribution is -0.143. The van der Waals surface area contributed by atoms with Crippen LogP contribution in [0.25, 0.3) is 0 Å². The zero-order valence-electron chi connectivity index (χ0n) is 8.51. The highest BCUT2D eigenvalue weighted by Crippen LogP contribution is 2.32. The quantitative estimate of drug-likeness (QED) is 0.859. The van der Waals surface area contributed by atoms with Crippen LogP contribution in [0.5, 0.6) is 0 Å². The van der Waals surface area contributed by atoms with Crippen LogP contribution >= 0.6 is 43.2 Å². The SMILES string of the molecule is CC(C)(NC(=O)c1cc(Br)c(Br)s1)C(=O)O. The molecule has 1 rings (SSSR count). The maximum atomic E-state index is 11.7. The summed E-state index contributed by atoms with van der Waals surface area (Å²) in [5, 5.41) is 11.3. The van der Waals surface area contributed by atoms with Crippen LogP contribution in [0.1, 0.15) is 23.5 Å². The van der Waals surface area contributed by atoms with Gasteiger partial charge in [0.2, 0.25) is 0 Å². The minimum Gasteiger partial charge on any atom is -0.480 e. The first-order valence-electron chi connectivity index (χ1n) is 4.25. The van der Waals surface area contributed by atoms with Gasteiger partial charge in [-0.3, -0.25) is 4.79 Å². The molecule has 0 radical (unpaired) electrons. The van der Waals surface area contributed by atoms with Crippen LogP contribution < -0.4 is 5.32 Å². The molecule has 2 N–H and O–H groups in total. The summed E-state index contributed by atoms with van der Waals surface area (Å²) in [6.07, 6.45) is 0. The van der Waals surface area contributed by atoms with Crippen molar-refractivity contribution in [3.63, 3.8) is 0 Å². The van der Waals surface area contributed by atoms with E-state index in [0.717, 1.165) is 8.26 Å². The number of hydrogen-bond acceptors (Lipinski definition) is 3. The predicted octanol–water partition coefficient (Wildman–Crippen LogP) is 2.87. The highest BCUT2D eigenvalue weighted by atomic mass is 79.9. The van der Waals surface area contributed by atoms with Crippen molar-refractivity contribution in [2.24, 2.45) is 0 Å². The van der Waals surface area contributed by atoms with Crippen LogP contribution in [0.3, 0.4) is 0 Å². The number of thiophene rings is 1. The van der Waals surface area contributed by atoms with Gasteiger partial charge < -0.3 is 10.4 Å². The number of carboxylic acids is 1. The number of rotatable bonds is 3. The van der Waals surface area contributed by atoms with Gasteiger partial charge in [-0.1, -0.05) is 0 Å². The molecule has 0 aliphatic rings. The second-order valence-electron chi connectivity index (χ2n) is 3.62. The lowest BCUT2D eigenvalue weighted by Gasteiger charge is -2.20. The van der Waals surface area contributed by atoms with Crippen molar-refractivity contribution in [2.75, 3.05) is 0 Å². The molecule has 1 aromatic heterocycles. The van der Waals surface area contributed by atoms with Gasteiger partial charge in [0.1, 0.15) is 5.54 Å². The minimum absolute atomic E-state index is 0.399. The number of aliphatic carboxylic acids is 1. The molecule has 0 aliphatic carbocycles. The monoisotopic (exact) mass is 369 g/mol. The molecule has 0 bridgehead atoms. The van der Waals surface area contributed by atoms with E-state index >= 15 is 0 Å². The zero-order valence-corrected chi connectivity index (χ0v) is 12.5. The van der Waals surface area contributed by atoms with Crippen LogP contribution in [0, 0.1) is 0 Å². The summed E-state index contributed by atoms with van der Waals surface area (Å²) >= 11 is 7.77. The van der Waals surface area contributed by atoms with Crippen LogP contribution in [0.2, 0.25) is 0 Å². The zero-order chi connectivity index (χ0) is 12.5. The Morgan fingerprint density at radius 1 is 1.44 bits per heavy atom. The van der Waals surface area contributed by atoms with Gasteiger partial charge in [0, 0.05) is 4.47 Å². The molecule has 0 saturated heterocycles. The lowest BCUT2D eigenvalue weighted by Crippen LogP contribution is -2.49. The first-order valence-corrected chi connectivity index (χ1v) is 6.65. The number of carbonyl (C=O) groups excluding carboxylic acids is 1. The Balaban J connectivity index is 2.84. The lowest BCUT2D eigenvalue weighted by atomic mass is 10.1. The number of amides is 1. The van der Waals surface area contributed by atoms with Gasteiger partial charge in [0.05, 0.1) is 8.66 Å². The highest BCUT2D eigenvalue weighted by molar-refractivity contribution is 9.13. The maximum absolute atomic E-state index is 11.7.